The normalized spacial score (nSPS) is 12.8. The molecule has 0 aliphatic rings. The minimum Gasteiger partial charge on any atom is -0.456 e. The van der Waals surface area contributed by atoms with Crippen LogP contribution in [0.3, 0.4) is 0 Å². The highest BCUT2D eigenvalue weighted by atomic mass is 79.9. The zero-order valence-electron chi connectivity index (χ0n) is 10.1. The molecule has 5 heteroatoms. The number of rotatable bonds is 2. The molecular weight excluding hydrogens is 347 g/mol. The zero-order valence-corrected chi connectivity index (χ0v) is 12.5. The van der Waals surface area contributed by atoms with Gasteiger partial charge in [0.25, 0.3) is 0 Å². The van der Waals surface area contributed by atoms with Crippen molar-refractivity contribution < 1.29 is 13.9 Å². The van der Waals surface area contributed by atoms with E-state index in [0.29, 0.717) is 26.4 Å². The van der Waals surface area contributed by atoms with Gasteiger partial charge in [0, 0.05) is 9.86 Å². The Hall–Kier alpha value is -1.36. The first-order valence-corrected chi connectivity index (χ1v) is 7.04. The lowest BCUT2D eigenvalue weighted by atomic mass is 10.1. The van der Waals surface area contributed by atoms with E-state index < -0.39 is 11.9 Å². The van der Waals surface area contributed by atoms with E-state index in [-0.39, 0.29) is 0 Å². The Balaban J connectivity index is 2.07. The van der Waals surface area contributed by atoms with E-state index in [1.54, 1.807) is 24.3 Å². The molecule has 0 fully saturated rings. The van der Waals surface area contributed by atoms with E-state index in [0.717, 1.165) is 5.39 Å². The second-order valence-corrected chi connectivity index (χ2v) is 5.74. The summed E-state index contributed by atoms with van der Waals surface area (Å²) in [5.41, 5.74) is 0.922. The average molecular weight is 356 g/mol. The zero-order chi connectivity index (χ0) is 14.3. The van der Waals surface area contributed by atoms with Crippen molar-refractivity contribution in [2.75, 3.05) is 0 Å². The maximum Gasteiger partial charge on any atom is 0.153 e. The topological polar surface area (TPSA) is 33.4 Å². The Kier molecular flexibility index (Phi) is 3.54. The fourth-order valence-electron chi connectivity index (χ4n) is 2.08. The first-order chi connectivity index (χ1) is 9.54. The van der Waals surface area contributed by atoms with Gasteiger partial charge in [-0.2, -0.15) is 0 Å². The minimum absolute atomic E-state index is 0.325. The van der Waals surface area contributed by atoms with Crippen LogP contribution in [0.15, 0.2) is 51.4 Å². The summed E-state index contributed by atoms with van der Waals surface area (Å²) in [7, 11) is 0. The molecule has 3 aromatic rings. The Morgan fingerprint density at radius 1 is 1.20 bits per heavy atom. The maximum absolute atomic E-state index is 13.4. The summed E-state index contributed by atoms with van der Waals surface area (Å²) in [6, 6.07) is 11.3. The Bertz CT molecular complexity index is 764. The third kappa shape index (κ3) is 2.46. The number of para-hydroxylation sites is 1. The van der Waals surface area contributed by atoms with Crippen LogP contribution in [0.2, 0.25) is 5.02 Å². The third-order valence-electron chi connectivity index (χ3n) is 2.99. The lowest BCUT2D eigenvalue weighted by molar-refractivity contribution is 0.192. The SMILES string of the molecule is OC(c1cc(F)cc(Br)c1)c1cc2cccc(Cl)c2o1. The quantitative estimate of drug-likeness (QED) is 0.696. The Morgan fingerprint density at radius 2 is 2.00 bits per heavy atom. The molecule has 0 bridgehead atoms. The van der Waals surface area contributed by atoms with Crippen molar-refractivity contribution in [3.8, 4) is 0 Å². The van der Waals surface area contributed by atoms with Gasteiger partial charge in [-0.1, -0.05) is 39.7 Å². The van der Waals surface area contributed by atoms with Crippen LogP contribution in [-0.2, 0) is 0 Å². The Morgan fingerprint density at radius 3 is 2.70 bits per heavy atom. The summed E-state index contributed by atoms with van der Waals surface area (Å²) in [5.74, 6) is -0.104. The summed E-state index contributed by atoms with van der Waals surface area (Å²) in [6.45, 7) is 0. The smallest absolute Gasteiger partial charge is 0.153 e. The molecule has 0 aliphatic heterocycles. The van der Waals surface area contributed by atoms with Gasteiger partial charge >= 0.3 is 0 Å². The molecule has 1 aromatic heterocycles. The molecule has 2 aromatic carbocycles. The highest BCUT2D eigenvalue weighted by Crippen LogP contribution is 2.32. The molecule has 0 saturated carbocycles. The van der Waals surface area contributed by atoms with E-state index in [1.807, 2.05) is 6.07 Å². The second kappa shape index (κ2) is 5.20. The Labute approximate surface area is 127 Å². The van der Waals surface area contributed by atoms with Gasteiger partial charge in [-0.25, -0.2) is 4.39 Å². The number of fused-ring (bicyclic) bond motifs is 1. The van der Waals surface area contributed by atoms with Crippen LogP contribution in [0.5, 0.6) is 0 Å². The highest BCUT2D eigenvalue weighted by Gasteiger charge is 2.17. The number of hydrogen-bond donors (Lipinski definition) is 1. The number of halogens is 3. The van der Waals surface area contributed by atoms with Gasteiger partial charge in [0.05, 0.1) is 5.02 Å². The molecule has 1 atom stereocenters. The van der Waals surface area contributed by atoms with Gasteiger partial charge in [-0.3, -0.25) is 0 Å². The molecule has 3 rings (SSSR count). The second-order valence-electron chi connectivity index (χ2n) is 4.41. The maximum atomic E-state index is 13.4. The lowest BCUT2D eigenvalue weighted by Gasteiger charge is -2.08. The number of aliphatic hydroxyl groups is 1. The highest BCUT2D eigenvalue weighted by molar-refractivity contribution is 9.10. The van der Waals surface area contributed by atoms with E-state index in [1.165, 1.54) is 12.1 Å². The fraction of sp³-hybridized carbons (Fsp3) is 0.0667. The standard InChI is InChI=1S/C15H9BrClFO2/c16-10-4-9(5-11(18)7-10)14(19)13-6-8-2-1-3-12(17)15(8)20-13/h1-7,14,19H. The molecule has 0 aliphatic carbocycles. The summed E-state index contributed by atoms with van der Waals surface area (Å²) in [6.07, 6.45) is -1.05. The van der Waals surface area contributed by atoms with Crippen LogP contribution in [0.25, 0.3) is 11.0 Å². The first-order valence-electron chi connectivity index (χ1n) is 5.86. The van der Waals surface area contributed by atoms with Crippen LogP contribution in [0.4, 0.5) is 4.39 Å². The average Bonchev–Trinajstić information content (AvgIpc) is 2.82. The molecule has 0 amide bonds. The third-order valence-corrected chi connectivity index (χ3v) is 3.74. The molecule has 1 unspecified atom stereocenters. The van der Waals surface area contributed by atoms with Gasteiger partial charge in [-0.15, -0.1) is 0 Å². The molecule has 1 N–H and O–H groups in total. The van der Waals surface area contributed by atoms with Crippen molar-refractivity contribution >= 4 is 38.5 Å². The lowest BCUT2D eigenvalue weighted by Crippen LogP contribution is -1.98. The van der Waals surface area contributed by atoms with Gasteiger partial charge in [0.2, 0.25) is 0 Å². The van der Waals surface area contributed by atoms with Crippen LogP contribution in [0.1, 0.15) is 17.4 Å². The van der Waals surface area contributed by atoms with Crippen molar-refractivity contribution in [2.24, 2.45) is 0 Å². The van der Waals surface area contributed by atoms with Crippen molar-refractivity contribution in [2.45, 2.75) is 6.10 Å². The number of hydrogen-bond acceptors (Lipinski definition) is 2. The summed E-state index contributed by atoms with van der Waals surface area (Å²) in [4.78, 5) is 0. The van der Waals surface area contributed by atoms with Crippen LogP contribution >= 0.6 is 27.5 Å². The molecule has 20 heavy (non-hydrogen) atoms. The van der Waals surface area contributed by atoms with Crippen LogP contribution in [-0.4, -0.2) is 5.11 Å². The molecule has 0 radical (unpaired) electrons. The van der Waals surface area contributed by atoms with Gasteiger partial charge in [0.15, 0.2) is 5.58 Å². The van der Waals surface area contributed by atoms with Crippen molar-refractivity contribution in [1.82, 2.24) is 0 Å². The minimum atomic E-state index is -1.05. The van der Waals surface area contributed by atoms with Crippen molar-refractivity contribution in [3.63, 3.8) is 0 Å². The molecule has 0 saturated heterocycles. The molecule has 102 valence electrons. The fourth-order valence-corrected chi connectivity index (χ4v) is 2.78. The largest absolute Gasteiger partial charge is 0.456 e. The predicted octanol–water partition coefficient (Wildman–Crippen LogP) is 5.07. The number of benzene rings is 2. The number of aliphatic hydroxyl groups excluding tert-OH is 1. The van der Waals surface area contributed by atoms with E-state index in [4.69, 9.17) is 16.0 Å². The van der Waals surface area contributed by atoms with Gasteiger partial charge < -0.3 is 9.52 Å². The first kappa shape index (κ1) is 13.6. The predicted molar refractivity (Wildman–Crippen MR) is 79.4 cm³/mol. The van der Waals surface area contributed by atoms with Crippen molar-refractivity contribution in [3.05, 3.63) is 69.1 Å². The van der Waals surface area contributed by atoms with Gasteiger partial charge in [0.1, 0.15) is 17.7 Å². The molecule has 1 heterocycles. The van der Waals surface area contributed by atoms with Crippen molar-refractivity contribution in [1.29, 1.82) is 0 Å². The number of furan rings is 1. The summed E-state index contributed by atoms with van der Waals surface area (Å²) in [5, 5.41) is 11.6. The van der Waals surface area contributed by atoms with E-state index in [2.05, 4.69) is 15.9 Å². The monoisotopic (exact) mass is 354 g/mol. The summed E-state index contributed by atoms with van der Waals surface area (Å²) >= 11 is 9.23. The van der Waals surface area contributed by atoms with Crippen LogP contribution in [0, 0.1) is 5.82 Å². The molecular formula is C15H9BrClFO2. The molecule has 0 spiro atoms. The van der Waals surface area contributed by atoms with E-state index >= 15 is 0 Å². The van der Waals surface area contributed by atoms with Crippen LogP contribution < -0.4 is 0 Å². The van der Waals surface area contributed by atoms with Gasteiger partial charge in [-0.05, 0) is 35.9 Å². The summed E-state index contributed by atoms with van der Waals surface area (Å²) < 4.78 is 19.5. The van der Waals surface area contributed by atoms with E-state index in [9.17, 15) is 9.50 Å². The molecule has 2 nitrogen and oxygen atoms in total.